The van der Waals surface area contributed by atoms with Crippen LogP contribution in [0.1, 0.15) is 0 Å². The molecule has 0 spiro atoms. The van der Waals surface area contributed by atoms with Crippen molar-refractivity contribution in [3.63, 3.8) is 0 Å². The van der Waals surface area contributed by atoms with Crippen LogP contribution in [0.3, 0.4) is 0 Å². The van der Waals surface area contributed by atoms with Crippen LogP contribution in [0.4, 0.5) is 5.82 Å². The molecule has 0 unspecified atom stereocenters. The first kappa shape index (κ1) is 11.1. The fourth-order valence-corrected chi connectivity index (χ4v) is 1.60. The van der Waals surface area contributed by atoms with Crippen LogP contribution < -0.4 is 11.3 Å². The fraction of sp³-hybridized carbons (Fsp3) is 0. The Labute approximate surface area is 102 Å². The molecule has 82 valence electrons. The summed E-state index contributed by atoms with van der Waals surface area (Å²) in [5.41, 5.74) is 2.88. The summed E-state index contributed by atoms with van der Waals surface area (Å²) in [6, 6.07) is 3.21. The highest BCUT2D eigenvalue weighted by Gasteiger charge is 2.09. The number of nitrogens with one attached hydrogen (secondary N) is 1. The van der Waals surface area contributed by atoms with Gasteiger partial charge >= 0.3 is 0 Å². The van der Waals surface area contributed by atoms with Crippen molar-refractivity contribution in [1.82, 2.24) is 15.0 Å². The number of halogens is 2. The van der Waals surface area contributed by atoms with E-state index in [1.54, 1.807) is 18.3 Å². The molecular weight excluding hydrogens is 249 g/mol. The number of hydrogen-bond acceptors (Lipinski definition) is 5. The van der Waals surface area contributed by atoms with E-state index in [-0.39, 0.29) is 0 Å². The predicted molar refractivity (Wildman–Crippen MR) is 63.1 cm³/mol. The van der Waals surface area contributed by atoms with Crippen molar-refractivity contribution >= 4 is 29.0 Å². The van der Waals surface area contributed by atoms with Crippen LogP contribution in [0.15, 0.2) is 24.5 Å². The van der Waals surface area contributed by atoms with Crippen molar-refractivity contribution in [3.05, 3.63) is 34.6 Å². The van der Waals surface area contributed by atoms with Crippen molar-refractivity contribution in [1.29, 1.82) is 0 Å². The quantitative estimate of drug-likeness (QED) is 0.635. The summed E-state index contributed by atoms with van der Waals surface area (Å²) < 4.78 is 0. The lowest BCUT2D eigenvalue weighted by Crippen LogP contribution is -2.09. The number of pyridine rings is 1. The Kier molecular flexibility index (Phi) is 3.19. The molecule has 2 heterocycles. The molecule has 2 aromatic heterocycles. The van der Waals surface area contributed by atoms with Crippen molar-refractivity contribution < 1.29 is 0 Å². The maximum atomic E-state index is 5.98. The normalized spacial score (nSPS) is 10.2. The fourth-order valence-electron chi connectivity index (χ4n) is 1.13. The van der Waals surface area contributed by atoms with E-state index in [4.69, 9.17) is 29.0 Å². The van der Waals surface area contributed by atoms with E-state index in [1.165, 1.54) is 6.20 Å². The van der Waals surface area contributed by atoms with E-state index in [2.05, 4.69) is 20.4 Å². The number of rotatable bonds is 2. The molecule has 5 nitrogen and oxygen atoms in total. The van der Waals surface area contributed by atoms with Gasteiger partial charge in [-0.1, -0.05) is 23.2 Å². The maximum Gasteiger partial charge on any atom is 0.181 e. The molecule has 0 aliphatic heterocycles. The third kappa shape index (κ3) is 2.21. The summed E-state index contributed by atoms with van der Waals surface area (Å²) in [6.07, 6.45) is 3.04. The summed E-state index contributed by atoms with van der Waals surface area (Å²) in [4.78, 5) is 12.2. The van der Waals surface area contributed by atoms with Gasteiger partial charge in [0.1, 0.15) is 11.5 Å². The summed E-state index contributed by atoms with van der Waals surface area (Å²) in [6.45, 7) is 0. The number of aromatic nitrogens is 3. The smallest absolute Gasteiger partial charge is 0.181 e. The standard InChI is InChI=1S/C9H7Cl2N5/c10-5-3-6(11)8(14-4-5)9-13-2-1-7(15-9)16-12/h1-4H,12H2,(H,13,15,16). The second-order valence-corrected chi connectivity index (χ2v) is 3.74. The van der Waals surface area contributed by atoms with Gasteiger partial charge < -0.3 is 5.43 Å². The molecule has 0 fully saturated rings. The van der Waals surface area contributed by atoms with Crippen LogP contribution in [-0.4, -0.2) is 15.0 Å². The lowest BCUT2D eigenvalue weighted by Gasteiger charge is -2.04. The first-order chi connectivity index (χ1) is 7.70. The Morgan fingerprint density at radius 3 is 2.75 bits per heavy atom. The van der Waals surface area contributed by atoms with Crippen LogP contribution in [0.2, 0.25) is 10.0 Å². The molecular formula is C9H7Cl2N5. The molecule has 0 bridgehead atoms. The van der Waals surface area contributed by atoms with Gasteiger partial charge in [0.15, 0.2) is 5.82 Å². The molecule has 3 N–H and O–H groups in total. The van der Waals surface area contributed by atoms with Crippen molar-refractivity contribution in [2.45, 2.75) is 0 Å². The minimum absolute atomic E-state index is 0.386. The zero-order chi connectivity index (χ0) is 11.5. The predicted octanol–water partition coefficient (Wildman–Crippen LogP) is 2.13. The van der Waals surface area contributed by atoms with E-state index in [0.717, 1.165) is 0 Å². The van der Waals surface area contributed by atoms with Crippen molar-refractivity contribution in [2.24, 2.45) is 5.84 Å². The zero-order valence-electron chi connectivity index (χ0n) is 7.98. The van der Waals surface area contributed by atoms with Gasteiger partial charge in [-0.15, -0.1) is 0 Å². The van der Waals surface area contributed by atoms with Crippen LogP contribution in [0.5, 0.6) is 0 Å². The molecule has 0 aliphatic rings. The van der Waals surface area contributed by atoms with Crippen LogP contribution in [0, 0.1) is 0 Å². The van der Waals surface area contributed by atoms with E-state index < -0.39 is 0 Å². The zero-order valence-corrected chi connectivity index (χ0v) is 9.50. The Bertz CT molecular complexity index is 517. The number of anilines is 1. The molecule has 0 saturated carbocycles. The number of hydrogen-bond donors (Lipinski definition) is 2. The molecule has 0 aromatic carbocycles. The monoisotopic (exact) mass is 255 g/mol. The van der Waals surface area contributed by atoms with E-state index in [9.17, 15) is 0 Å². The highest BCUT2D eigenvalue weighted by molar-refractivity contribution is 6.35. The average molecular weight is 256 g/mol. The lowest BCUT2D eigenvalue weighted by atomic mass is 10.3. The largest absolute Gasteiger partial charge is 0.308 e. The van der Waals surface area contributed by atoms with E-state index in [1.807, 2.05) is 0 Å². The summed E-state index contributed by atoms with van der Waals surface area (Å²) in [7, 11) is 0. The van der Waals surface area contributed by atoms with Gasteiger partial charge in [0.25, 0.3) is 0 Å². The number of nitrogens with zero attached hydrogens (tertiary/aromatic N) is 3. The molecule has 16 heavy (non-hydrogen) atoms. The minimum Gasteiger partial charge on any atom is -0.308 e. The van der Waals surface area contributed by atoms with Gasteiger partial charge in [-0.25, -0.2) is 20.8 Å². The van der Waals surface area contributed by atoms with E-state index >= 15 is 0 Å². The Hall–Kier alpha value is -1.43. The number of hydrazine groups is 1. The molecule has 0 aliphatic carbocycles. The van der Waals surface area contributed by atoms with Crippen molar-refractivity contribution in [3.8, 4) is 11.5 Å². The minimum atomic E-state index is 0.386. The summed E-state index contributed by atoms with van der Waals surface area (Å²) in [5, 5.41) is 0.850. The summed E-state index contributed by atoms with van der Waals surface area (Å²) in [5.74, 6) is 6.11. The van der Waals surface area contributed by atoms with Gasteiger partial charge in [-0.2, -0.15) is 0 Å². The van der Waals surface area contributed by atoms with Gasteiger partial charge in [-0.05, 0) is 6.07 Å². The van der Waals surface area contributed by atoms with E-state index in [0.29, 0.717) is 27.4 Å². The first-order valence-electron chi connectivity index (χ1n) is 4.32. The lowest BCUT2D eigenvalue weighted by molar-refractivity contribution is 1.12. The second-order valence-electron chi connectivity index (χ2n) is 2.89. The maximum absolute atomic E-state index is 5.98. The molecule has 7 heteroatoms. The molecule has 0 amide bonds. The van der Waals surface area contributed by atoms with Gasteiger partial charge in [0, 0.05) is 18.5 Å². The summed E-state index contributed by atoms with van der Waals surface area (Å²) >= 11 is 11.7. The topological polar surface area (TPSA) is 76.7 Å². The van der Waals surface area contributed by atoms with Gasteiger partial charge in [0.2, 0.25) is 0 Å². The van der Waals surface area contributed by atoms with Crippen molar-refractivity contribution in [2.75, 3.05) is 5.43 Å². The number of nitrogen functional groups attached to an aromatic ring is 1. The first-order valence-corrected chi connectivity index (χ1v) is 5.07. The highest BCUT2D eigenvalue weighted by atomic mass is 35.5. The Morgan fingerprint density at radius 2 is 2.06 bits per heavy atom. The third-order valence-corrected chi connectivity index (χ3v) is 2.32. The average Bonchev–Trinajstić information content (AvgIpc) is 2.29. The third-order valence-electron chi connectivity index (χ3n) is 1.82. The molecule has 0 atom stereocenters. The molecule has 2 aromatic rings. The van der Waals surface area contributed by atoms with Crippen LogP contribution >= 0.6 is 23.2 Å². The molecule has 2 rings (SSSR count). The second kappa shape index (κ2) is 4.61. The van der Waals surface area contributed by atoms with Gasteiger partial charge in [0.05, 0.1) is 10.0 Å². The van der Waals surface area contributed by atoms with Crippen LogP contribution in [-0.2, 0) is 0 Å². The molecule has 0 radical (unpaired) electrons. The van der Waals surface area contributed by atoms with Gasteiger partial charge in [-0.3, -0.25) is 0 Å². The van der Waals surface area contributed by atoms with Crippen LogP contribution in [0.25, 0.3) is 11.5 Å². The Morgan fingerprint density at radius 1 is 1.25 bits per heavy atom. The SMILES string of the molecule is NNc1ccnc(-c2ncc(Cl)cc2Cl)n1. The highest BCUT2D eigenvalue weighted by Crippen LogP contribution is 2.25. The Balaban J connectivity index is 2.49. The number of nitrogens with two attached hydrogens (primary N) is 1. The molecule has 0 saturated heterocycles.